The van der Waals surface area contributed by atoms with Crippen molar-refractivity contribution in [3.8, 4) is 0 Å². The van der Waals surface area contributed by atoms with Crippen molar-refractivity contribution in [1.82, 2.24) is 19.8 Å². The first kappa shape index (κ1) is 30.2. The maximum atomic E-state index is 12.8. The Kier molecular flexibility index (Phi) is 11.5. The number of hydrogen-bond donors (Lipinski definition) is 0. The summed E-state index contributed by atoms with van der Waals surface area (Å²) in [5.74, 6) is 0. The molecule has 9 nitrogen and oxygen atoms in total. The minimum atomic E-state index is -2.10. The van der Waals surface area contributed by atoms with Gasteiger partial charge in [-0.2, -0.15) is 0 Å². The van der Waals surface area contributed by atoms with E-state index in [9.17, 15) is 9.59 Å². The molecule has 10 heteroatoms. The average Bonchev–Trinajstić information content (AvgIpc) is 2.87. The van der Waals surface area contributed by atoms with Gasteiger partial charge in [0.25, 0.3) is 0 Å². The van der Waals surface area contributed by atoms with Gasteiger partial charge < -0.3 is 23.7 Å². The predicted molar refractivity (Wildman–Crippen MR) is 146 cm³/mol. The third-order valence-corrected chi connectivity index (χ3v) is 11.1. The Hall–Kier alpha value is -2.98. The predicted octanol–water partition coefficient (Wildman–Crippen LogP) is 4.79. The minimum Gasteiger partial charge on any atom is -0.445 e. The molecule has 204 valence electrons. The highest BCUT2D eigenvalue weighted by Crippen LogP contribution is 2.36. The van der Waals surface area contributed by atoms with E-state index in [1.165, 1.54) is 9.80 Å². The Morgan fingerprint density at radius 3 is 1.84 bits per heavy atom. The van der Waals surface area contributed by atoms with Gasteiger partial charge in [0, 0.05) is 63.8 Å². The van der Waals surface area contributed by atoms with Crippen LogP contribution in [0.15, 0.2) is 48.8 Å². The molecule has 0 fully saturated rings. The molecule has 0 saturated carbocycles. The number of hydrogen-bond acceptors (Lipinski definition) is 7. The van der Waals surface area contributed by atoms with Gasteiger partial charge in [0.1, 0.15) is 6.61 Å². The summed E-state index contributed by atoms with van der Waals surface area (Å²) in [5.41, 5.74) is 1.79. The molecular weight excluding hydrogens is 488 g/mol. The lowest BCUT2D eigenvalue weighted by Crippen LogP contribution is -2.45. The summed E-state index contributed by atoms with van der Waals surface area (Å²) in [7, 11) is 1.24. The van der Waals surface area contributed by atoms with Crippen molar-refractivity contribution in [2.45, 2.75) is 57.8 Å². The maximum Gasteiger partial charge on any atom is 0.409 e. The molecule has 0 saturated heterocycles. The van der Waals surface area contributed by atoms with Crippen LogP contribution in [-0.2, 0) is 26.7 Å². The molecule has 0 aromatic carbocycles. The van der Waals surface area contributed by atoms with Crippen LogP contribution in [0.3, 0.4) is 0 Å². The molecule has 0 aliphatic carbocycles. The van der Waals surface area contributed by atoms with Crippen molar-refractivity contribution in [2.24, 2.45) is 0 Å². The molecule has 2 amide bonds. The Balaban J connectivity index is 1.94. The van der Waals surface area contributed by atoms with E-state index in [0.29, 0.717) is 25.9 Å². The van der Waals surface area contributed by atoms with E-state index in [4.69, 9.17) is 13.9 Å². The van der Waals surface area contributed by atoms with Crippen molar-refractivity contribution in [1.29, 1.82) is 0 Å². The normalized spacial score (nSPS) is 12.5. The molecular formula is C27H42N4O5Si. The second-order valence-electron chi connectivity index (χ2n) is 10.6. The molecule has 2 rings (SSSR count). The smallest absolute Gasteiger partial charge is 0.409 e. The van der Waals surface area contributed by atoms with Crippen molar-refractivity contribution >= 4 is 20.5 Å². The number of amides is 2. The number of aromatic nitrogens is 2. The molecule has 0 spiro atoms. The summed E-state index contributed by atoms with van der Waals surface area (Å²) in [6.45, 7) is 11.6. The topological polar surface area (TPSA) is 94.1 Å². The fourth-order valence-electron chi connectivity index (χ4n) is 2.98. The van der Waals surface area contributed by atoms with Gasteiger partial charge in [-0.1, -0.05) is 32.9 Å². The van der Waals surface area contributed by atoms with Crippen LogP contribution in [0, 0.1) is 0 Å². The van der Waals surface area contributed by atoms with E-state index < -0.39 is 26.6 Å². The average molecular weight is 531 g/mol. The van der Waals surface area contributed by atoms with Crippen LogP contribution in [0.2, 0.25) is 18.1 Å². The molecule has 0 bridgehead atoms. The van der Waals surface area contributed by atoms with E-state index in [0.717, 1.165) is 11.4 Å². The second-order valence-corrected chi connectivity index (χ2v) is 15.4. The number of rotatable bonds is 12. The number of pyridine rings is 2. The van der Waals surface area contributed by atoms with Gasteiger partial charge in [-0.15, -0.1) is 0 Å². The van der Waals surface area contributed by atoms with Gasteiger partial charge in [0.15, 0.2) is 14.4 Å². The Morgan fingerprint density at radius 1 is 0.865 bits per heavy atom. The quantitative estimate of drug-likeness (QED) is 0.364. The van der Waals surface area contributed by atoms with Crippen LogP contribution in [0.1, 0.15) is 32.2 Å². The van der Waals surface area contributed by atoms with Crippen molar-refractivity contribution in [3.05, 3.63) is 60.2 Å². The zero-order chi connectivity index (χ0) is 27.5. The maximum absolute atomic E-state index is 12.8. The second kappa shape index (κ2) is 14.1. The first-order chi connectivity index (χ1) is 17.4. The fraction of sp³-hybridized carbons (Fsp3) is 0.556. The summed E-state index contributed by atoms with van der Waals surface area (Å²) in [6.07, 6.45) is 2.94. The van der Waals surface area contributed by atoms with E-state index in [1.807, 2.05) is 36.4 Å². The van der Waals surface area contributed by atoms with Gasteiger partial charge in [0.05, 0.1) is 6.61 Å². The van der Waals surface area contributed by atoms with E-state index in [1.54, 1.807) is 26.5 Å². The number of carbonyl (C=O) groups is 2. The summed E-state index contributed by atoms with van der Waals surface area (Å²) < 4.78 is 17.5. The van der Waals surface area contributed by atoms with Crippen LogP contribution in [-0.4, -0.2) is 86.8 Å². The fourth-order valence-corrected chi connectivity index (χ4v) is 4.02. The highest BCUT2D eigenvalue weighted by molar-refractivity contribution is 6.74. The van der Waals surface area contributed by atoms with Gasteiger partial charge in [-0.05, 0) is 42.4 Å². The van der Waals surface area contributed by atoms with E-state index in [-0.39, 0.29) is 18.3 Å². The van der Waals surface area contributed by atoms with Gasteiger partial charge >= 0.3 is 12.2 Å². The summed E-state index contributed by atoms with van der Waals surface area (Å²) in [4.78, 5) is 37.0. The third-order valence-electron chi connectivity index (χ3n) is 6.58. The van der Waals surface area contributed by atoms with Gasteiger partial charge in [-0.25, -0.2) is 9.59 Å². The molecule has 0 aliphatic heterocycles. The lowest BCUT2D eigenvalue weighted by Gasteiger charge is -2.37. The molecule has 37 heavy (non-hydrogen) atoms. The van der Waals surface area contributed by atoms with Crippen LogP contribution in [0.25, 0.3) is 0 Å². The summed E-state index contributed by atoms with van der Waals surface area (Å²) in [5, 5.41) is -0.0105. The highest BCUT2D eigenvalue weighted by Gasteiger charge is 2.38. The Bertz CT molecular complexity index is 970. The minimum absolute atomic E-state index is 0.0105. The number of likely N-dealkylation sites (N-methyl/N-ethyl adjacent to an activating group) is 2. The zero-order valence-electron chi connectivity index (χ0n) is 23.3. The number of nitrogens with zero attached hydrogens (tertiary/aromatic N) is 4. The molecule has 2 heterocycles. The molecule has 1 unspecified atom stereocenters. The van der Waals surface area contributed by atoms with Crippen LogP contribution >= 0.6 is 0 Å². The van der Waals surface area contributed by atoms with Crippen LogP contribution in [0.5, 0.6) is 0 Å². The van der Waals surface area contributed by atoms with E-state index >= 15 is 0 Å². The SMILES string of the molecule is CN(CCc1ccccn1)C(=O)OCC(CO[Si](C)(C)C(C)(C)C)OC(=O)N(C)CCc1ccccn1. The molecule has 2 aromatic rings. The van der Waals surface area contributed by atoms with Crippen LogP contribution in [0.4, 0.5) is 9.59 Å². The zero-order valence-corrected chi connectivity index (χ0v) is 24.3. The number of carbonyl (C=O) groups excluding carboxylic acids is 2. The molecule has 1 atom stereocenters. The lowest BCUT2D eigenvalue weighted by atomic mass is 10.2. The first-order valence-electron chi connectivity index (χ1n) is 12.6. The summed E-state index contributed by atoms with van der Waals surface area (Å²) >= 11 is 0. The van der Waals surface area contributed by atoms with Gasteiger partial charge in [-0.3, -0.25) is 9.97 Å². The Labute approximate surface area is 222 Å². The first-order valence-corrected chi connectivity index (χ1v) is 15.5. The lowest BCUT2D eigenvalue weighted by molar-refractivity contribution is -0.00127. The highest BCUT2D eigenvalue weighted by atomic mass is 28.4. The largest absolute Gasteiger partial charge is 0.445 e. The molecule has 2 aromatic heterocycles. The van der Waals surface area contributed by atoms with Gasteiger partial charge in [0.2, 0.25) is 0 Å². The molecule has 0 aliphatic rings. The molecule has 0 N–H and O–H groups in total. The number of ether oxygens (including phenoxy) is 2. The third kappa shape index (κ3) is 10.5. The molecule has 0 radical (unpaired) electrons. The van der Waals surface area contributed by atoms with Crippen molar-refractivity contribution in [2.75, 3.05) is 40.4 Å². The van der Waals surface area contributed by atoms with Crippen molar-refractivity contribution in [3.63, 3.8) is 0 Å². The summed E-state index contributed by atoms with van der Waals surface area (Å²) in [6, 6.07) is 11.4. The monoisotopic (exact) mass is 530 g/mol. The van der Waals surface area contributed by atoms with Crippen molar-refractivity contribution < 1.29 is 23.5 Å². The standard InChI is InChI=1S/C27H42N4O5Si/c1-27(2,3)37(6,7)35-21-24(36-26(33)31(5)19-15-23-13-9-11-17-29-23)20-34-25(32)30(4)18-14-22-12-8-10-16-28-22/h8-13,16-17,24H,14-15,18-21H2,1-7H3. The Morgan fingerprint density at radius 2 is 1.38 bits per heavy atom. The van der Waals surface area contributed by atoms with E-state index in [2.05, 4.69) is 43.8 Å². The van der Waals surface area contributed by atoms with Crippen LogP contribution < -0.4 is 0 Å².